The topological polar surface area (TPSA) is 69.6 Å². The minimum atomic E-state index is -1.54. The predicted octanol–water partition coefficient (Wildman–Crippen LogP) is 2.49. The molecule has 0 saturated heterocycles. The summed E-state index contributed by atoms with van der Waals surface area (Å²) in [6.45, 7) is 0. The van der Waals surface area contributed by atoms with Gasteiger partial charge in [0.05, 0.1) is 4.88 Å². The summed E-state index contributed by atoms with van der Waals surface area (Å²) in [5.74, 6) is -0.741. The standard InChI is InChI=1S/C17H13BFNO3S/c19-13-5-2-6-14(10-13)20-17(21)16-8-7-15(24-16)11-3-1-4-12(9-11)18(22)23/h1-10,22-23H,(H,20,21). The fourth-order valence-electron chi connectivity index (χ4n) is 2.23. The molecule has 0 atom stereocenters. The van der Waals surface area contributed by atoms with Crippen molar-refractivity contribution in [2.45, 2.75) is 0 Å². The Balaban J connectivity index is 1.80. The molecular weight excluding hydrogens is 328 g/mol. The maximum atomic E-state index is 13.2. The van der Waals surface area contributed by atoms with E-state index in [1.807, 2.05) is 6.07 Å². The lowest BCUT2D eigenvalue weighted by Crippen LogP contribution is -2.29. The molecule has 7 heteroatoms. The molecule has 3 aromatic rings. The molecule has 3 N–H and O–H groups in total. The second-order valence-corrected chi connectivity index (χ2v) is 6.21. The van der Waals surface area contributed by atoms with Gasteiger partial charge in [-0.3, -0.25) is 4.79 Å². The first-order valence-corrected chi connectivity index (χ1v) is 7.98. The lowest BCUT2D eigenvalue weighted by atomic mass is 9.79. The summed E-state index contributed by atoms with van der Waals surface area (Å²) in [6.07, 6.45) is 0. The molecule has 1 heterocycles. The molecule has 1 amide bonds. The predicted molar refractivity (Wildman–Crippen MR) is 93.9 cm³/mol. The molecule has 0 aliphatic carbocycles. The lowest BCUT2D eigenvalue weighted by Gasteiger charge is -2.04. The third kappa shape index (κ3) is 3.71. The summed E-state index contributed by atoms with van der Waals surface area (Å²) in [4.78, 5) is 13.5. The van der Waals surface area contributed by atoms with E-state index in [9.17, 15) is 19.2 Å². The van der Waals surface area contributed by atoms with Gasteiger partial charge in [-0.2, -0.15) is 0 Å². The molecule has 0 bridgehead atoms. The van der Waals surface area contributed by atoms with Gasteiger partial charge in [0, 0.05) is 10.6 Å². The normalized spacial score (nSPS) is 10.5. The van der Waals surface area contributed by atoms with Gasteiger partial charge in [0.1, 0.15) is 5.82 Å². The molecule has 0 aliphatic rings. The van der Waals surface area contributed by atoms with Gasteiger partial charge in [0.2, 0.25) is 0 Å². The van der Waals surface area contributed by atoms with E-state index in [1.165, 1.54) is 29.5 Å². The van der Waals surface area contributed by atoms with Crippen molar-refractivity contribution in [2.24, 2.45) is 0 Å². The highest BCUT2D eigenvalue weighted by Gasteiger charge is 2.14. The van der Waals surface area contributed by atoms with Gasteiger partial charge >= 0.3 is 7.12 Å². The highest BCUT2D eigenvalue weighted by Crippen LogP contribution is 2.28. The molecule has 0 fully saturated rings. The maximum absolute atomic E-state index is 13.2. The van der Waals surface area contributed by atoms with E-state index in [2.05, 4.69) is 5.32 Å². The molecule has 24 heavy (non-hydrogen) atoms. The number of hydrogen-bond donors (Lipinski definition) is 3. The summed E-state index contributed by atoms with van der Waals surface area (Å²) >= 11 is 1.27. The minimum Gasteiger partial charge on any atom is -0.423 e. The summed E-state index contributed by atoms with van der Waals surface area (Å²) < 4.78 is 13.2. The molecule has 0 radical (unpaired) electrons. The third-order valence-corrected chi connectivity index (χ3v) is 4.51. The molecular formula is C17H13BFNO3S. The third-order valence-electron chi connectivity index (χ3n) is 3.38. The van der Waals surface area contributed by atoms with E-state index >= 15 is 0 Å². The first-order chi connectivity index (χ1) is 11.5. The molecule has 2 aromatic carbocycles. The molecule has 1 aromatic heterocycles. The van der Waals surface area contributed by atoms with Crippen LogP contribution >= 0.6 is 11.3 Å². The van der Waals surface area contributed by atoms with Crippen molar-refractivity contribution in [2.75, 3.05) is 5.32 Å². The van der Waals surface area contributed by atoms with Crippen molar-refractivity contribution in [3.8, 4) is 10.4 Å². The Morgan fingerprint density at radius 1 is 1.04 bits per heavy atom. The Morgan fingerprint density at radius 3 is 2.58 bits per heavy atom. The van der Waals surface area contributed by atoms with Crippen LogP contribution in [0.5, 0.6) is 0 Å². The Morgan fingerprint density at radius 2 is 1.83 bits per heavy atom. The van der Waals surface area contributed by atoms with Crippen LogP contribution in [-0.2, 0) is 0 Å². The van der Waals surface area contributed by atoms with Crippen LogP contribution in [-0.4, -0.2) is 23.1 Å². The van der Waals surface area contributed by atoms with Crippen molar-refractivity contribution in [3.63, 3.8) is 0 Å². The molecule has 0 aliphatic heterocycles. The molecule has 3 rings (SSSR count). The average molecular weight is 341 g/mol. The van der Waals surface area contributed by atoms with Crippen LogP contribution in [0.4, 0.5) is 10.1 Å². The van der Waals surface area contributed by atoms with Gasteiger partial charge in [0.25, 0.3) is 5.91 Å². The summed E-state index contributed by atoms with van der Waals surface area (Å²) in [5, 5.41) is 21.1. The zero-order chi connectivity index (χ0) is 17.1. The van der Waals surface area contributed by atoms with Crippen molar-refractivity contribution in [1.82, 2.24) is 0 Å². The van der Waals surface area contributed by atoms with Gasteiger partial charge < -0.3 is 15.4 Å². The number of hydrogen-bond acceptors (Lipinski definition) is 4. The number of nitrogens with one attached hydrogen (secondary N) is 1. The second kappa shape index (κ2) is 6.96. The number of anilines is 1. The fourth-order valence-corrected chi connectivity index (χ4v) is 3.12. The Labute approximate surface area is 142 Å². The van der Waals surface area contributed by atoms with Crippen LogP contribution in [0, 0.1) is 5.82 Å². The van der Waals surface area contributed by atoms with E-state index in [-0.39, 0.29) is 5.91 Å². The van der Waals surface area contributed by atoms with Crippen LogP contribution in [0.15, 0.2) is 60.7 Å². The number of rotatable bonds is 4. The summed E-state index contributed by atoms with van der Waals surface area (Å²) in [5.41, 5.74) is 1.56. The number of halogens is 1. The molecule has 0 unspecified atom stereocenters. The second-order valence-electron chi connectivity index (χ2n) is 5.13. The summed E-state index contributed by atoms with van der Waals surface area (Å²) in [7, 11) is -1.54. The van der Waals surface area contributed by atoms with E-state index in [4.69, 9.17) is 0 Å². The van der Waals surface area contributed by atoms with E-state index in [0.717, 1.165) is 10.4 Å². The van der Waals surface area contributed by atoms with Gasteiger partial charge in [-0.05, 0) is 41.4 Å². The van der Waals surface area contributed by atoms with Gasteiger partial charge in [0.15, 0.2) is 0 Å². The Kier molecular flexibility index (Phi) is 4.75. The van der Waals surface area contributed by atoms with Crippen LogP contribution in [0.2, 0.25) is 0 Å². The van der Waals surface area contributed by atoms with Crippen molar-refractivity contribution < 1.29 is 19.2 Å². The Bertz CT molecular complexity index is 882. The number of carbonyl (C=O) groups is 1. The monoisotopic (exact) mass is 341 g/mol. The van der Waals surface area contributed by atoms with E-state index in [1.54, 1.807) is 36.4 Å². The highest BCUT2D eigenvalue weighted by molar-refractivity contribution is 7.17. The minimum absolute atomic E-state index is 0.324. The quantitative estimate of drug-likeness (QED) is 0.639. The van der Waals surface area contributed by atoms with Crippen molar-refractivity contribution in [1.29, 1.82) is 0 Å². The first-order valence-electron chi connectivity index (χ1n) is 7.16. The lowest BCUT2D eigenvalue weighted by molar-refractivity contribution is 0.103. The van der Waals surface area contributed by atoms with Crippen LogP contribution in [0.1, 0.15) is 9.67 Å². The largest absolute Gasteiger partial charge is 0.488 e. The summed E-state index contributed by atoms with van der Waals surface area (Å²) in [6, 6.07) is 16.0. The van der Waals surface area contributed by atoms with Gasteiger partial charge in [-0.15, -0.1) is 11.3 Å². The average Bonchev–Trinajstić information content (AvgIpc) is 3.05. The smallest absolute Gasteiger partial charge is 0.423 e. The highest BCUT2D eigenvalue weighted by atomic mass is 32.1. The first kappa shape index (κ1) is 16.4. The molecule has 0 saturated carbocycles. The van der Waals surface area contributed by atoms with Gasteiger partial charge in [-0.1, -0.05) is 30.3 Å². The maximum Gasteiger partial charge on any atom is 0.488 e. The van der Waals surface area contributed by atoms with Crippen LogP contribution < -0.4 is 10.8 Å². The van der Waals surface area contributed by atoms with Crippen LogP contribution in [0.25, 0.3) is 10.4 Å². The molecule has 120 valence electrons. The van der Waals surface area contributed by atoms with E-state index < -0.39 is 12.9 Å². The van der Waals surface area contributed by atoms with Gasteiger partial charge in [-0.25, -0.2) is 4.39 Å². The zero-order valence-electron chi connectivity index (χ0n) is 12.4. The Hall–Kier alpha value is -2.48. The fraction of sp³-hybridized carbons (Fsp3) is 0. The number of benzene rings is 2. The SMILES string of the molecule is O=C(Nc1cccc(F)c1)c1ccc(-c2cccc(B(O)O)c2)s1. The molecule has 0 spiro atoms. The van der Waals surface area contributed by atoms with Crippen molar-refractivity contribution in [3.05, 3.63) is 71.4 Å². The van der Waals surface area contributed by atoms with Crippen LogP contribution in [0.3, 0.4) is 0 Å². The zero-order valence-corrected chi connectivity index (χ0v) is 13.3. The molecule has 4 nitrogen and oxygen atoms in total. The number of thiophene rings is 1. The van der Waals surface area contributed by atoms with Crippen molar-refractivity contribution >= 4 is 35.5 Å². The number of carbonyl (C=O) groups excluding carboxylic acids is 1. The number of amides is 1. The van der Waals surface area contributed by atoms with E-state index in [0.29, 0.717) is 16.0 Å².